The van der Waals surface area contributed by atoms with Crippen LogP contribution in [0.25, 0.3) is 0 Å². The second kappa shape index (κ2) is 2.49. The van der Waals surface area contributed by atoms with E-state index in [1.54, 1.807) is 0 Å². The van der Waals surface area contributed by atoms with Gasteiger partial charge in [0.2, 0.25) is 0 Å². The van der Waals surface area contributed by atoms with Crippen LogP contribution in [0, 0.1) is 5.82 Å². The third-order valence-corrected chi connectivity index (χ3v) is 2.49. The van der Waals surface area contributed by atoms with E-state index < -0.39 is 0 Å². The highest BCUT2D eigenvalue weighted by Gasteiger charge is 2.36. The minimum atomic E-state index is -0.180. The molecule has 2 rings (SSSR count). The van der Waals surface area contributed by atoms with Gasteiger partial charge < -0.3 is 0 Å². The summed E-state index contributed by atoms with van der Waals surface area (Å²) in [6.45, 7) is 0. The summed E-state index contributed by atoms with van der Waals surface area (Å²) in [5.74, 6) is 0.290. The predicted octanol–water partition coefficient (Wildman–Crippen LogP) is 2.92. The predicted molar refractivity (Wildman–Crippen MR) is 43.4 cm³/mol. The lowest BCUT2D eigenvalue weighted by molar-refractivity contribution is 0.627. The highest BCUT2D eigenvalue weighted by molar-refractivity contribution is 6.23. The van der Waals surface area contributed by atoms with Crippen molar-refractivity contribution in [3.63, 3.8) is 0 Å². The fraction of sp³-hybridized carbons (Fsp3) is 0.333. The number of alkyl halides is 1. The molecule has 2 heteroatoms. The van der Waals surface area contributed by atoms with Crippen molar-refractivity contribution in [1.82, 2.24) is 0 Å². The maximum absolute atomic E-state index is 12.4. The van der Waals surface area contributed by atoms with Gasteiger partial charge in [-0.1, -0.05) is 12.1 Å². The Labute approximate surface area is 70.0 Å². The van der Waals surface area contributed by atoms with Crippen LogP contribution in [0.2, 0.25) is 0 Å². The van der Waals surface area contributed by atoms with Crippen molar-refractivity contribution in [2.75, 3.05) is 0 Å². The largest absolute Gasteiger partial charge is 0.207 e. The van der Waals surface area contributed by atoms with Gasteiger partial charge in [-0.3, -0.25) is 0 Å². The molecule has 0 aliphatic heterocycles. The Morgan fingerprint density at radius 2 is 1.82 bits per heavy atom. The first-order chi connectivity index (χ1) is 5.27. The zero-order valence-corrected chi connectivity index (χ0v) is 6.68. The average molecular weight is 171 g/mol. The smallest absolute Gasteiger partial charge is 0.123 e. The Morgan fingerprint density at radius 3 is 2.27 bits per heavy atom. The molecule has 0 heterocycles. The second-order valence-corrected chi connectivity index (χ2v) is 3.47. The highest BCUT2D eigenvalue weighted by atomic mass is 35.5. The molecule has 0 N–H and O–H groups in total. The van der Waals surface area contributed by atoms with Gasteiger partial charge >= 0.3 is 0 Å². The Morgan fingerprint density at radius 1 is 1.27 bits per heavy atom. The molecule has 1 aromatic rings. The van der Waals surface area contributed by atoms with Gasteiger partial charge in [-0.25, -0.2) is 4.39 Å². The standard InChI is InChI=1S/C9H8ClF/c10-9-5-8(9)6-1-3-7(11)4-2-6/h1-4,8-9H,5H2/t8-,9+/m0/s1. The van der Waals surface area contributed by atoms with Crippen LogP contribution in [0.15, 0.2) is 24.3 Å². The molecule has 1 aliphatic carbocycles. The molecule has 58 valence electrons. The maximum atomic E-state index is 12.4. The first-order valence-electron chi connectivity index (χ1n) is 3.67. The van der Waals surface area contributed by atoms with Crippen LogP contribution >= 0.6 is 11.6 Å². The Kier molecular flexibility index (Phi) is 1.61. The summed E-state index contributed by atoms with van der Waals surface area (Å²) in [5, 5.41) is 0.278. The van der Waals surface area contributed by atoms with Gasteiger partial charge in [0.1, 0.15) is 5.82 Å². The van der Waals surface area contributed by atoms with Gasteiger partial charge in [0.15, 0.2) is 0 Å². The molecular weight excluding hydrogens is 163 g/mol. The summed E-state index contributed by atoms with van der Waals surface area (Å²) in [4.78, 5) is 0. The number of hydrogen-bond donors (Lipinski definition) is 0. The zero-order chi connectivity index (χ0) is 7.84. The van der Waals surface area contributed by atoms with Crippen molar-refractivity contribution < 1.29 is 4.39 Å². The normalized spacial score (nSPS) is 28.5. The van der Waals surface area contributed by atoms with Crippen molar-refractivity contribution >= 4 is 11.6 Å². The Bertz CT molecular complexity index is 255. The lowest BCUT2D eigenvalue weighted by Crippen LogP contribution is -1.81. The summed E-state index contributed by atoms with van der Waals surface area (Å²) in [5.41, 5.74) is 1.16. The van der Waals surface area contributed by atoms with Crippen LogP contribution in [0.1, 0.15) is 17.9 Å². The summed E-state index contributed by atoms with van der Waals surface area (Å²) in [6.07, 6.45) is 1.03. The summed E-state index contributed by atoms with van der Waals surface area (Å²) in [6, 6.07) is 6.58. The molecule has 1 saturated carbocycles. The third-order valence-electron chi connectivity index (χ3n) is 2.01. The maximum Gasteiger partial charge on any atom is 0.123 e. The molecule has 1 aromatic carbocycles. The van der Waals surface area contributed by atoms with E-state index in [0.717, 1.165) is 12.0 Å². The molecular formula is C9H8ClF. The number of halogens is 2. The quantitative estimate of drug-likeness (QED) is 0.569. The fourth-order valence-corrected chi connectivity index (χ4v) is 1.56. The Balaban J connectivity index is 2.21. The number of benzene rings is 1. The molecule has 0 nitrogen and oxygen atoms in total. The number of rotatable bonds is 1. The summed E-state index contributed by atoms with van der Waals surface area (Å²) < 4.78 is 12.4. The first kappa shape index (κ1) is 7.11. The molecule has 0 radical (unpaired) electrons. The molecule has 0 unspecified atom stereocenters. The lowest BCUT2D eigenvalue weighted by Gasteiger charge is -1.95. The molecule has 2 atom stereocenters. The fourth-order valence-electron chi connectivity index (χ4n) is 1.22. The first-order valence-corrected chi connectivity index (χ1v) is 4.10. The van der Waals surface area contributed by atoms with Gasteiger partial charge in [-0.15, -0.1) is 11.6 Å². The van der Waals surface area contributed by atoms with Crippen LogP contribution in [0.4, 0.5) is 4.39 Å². The minimum Gasteiger partial charge on any atom is -0.207 e. The second-order valence-electron chi connectivity index (χ2n) is 2.91. The summed E-state index contributed by atoms with van der Waals surface area (Å²) in [7, 11) is 0. The SMILES string of the molecule is Fc1ccc([C@@H]2C[C@H]2Cl)cc1. The molecule has 0 spiro atoms. The van der Waals surface area contributed by atoms with Gasteiger partial charge in [0.05, 0.1) is 0 Å². The van der Waals surface area contributed by atoms with Crippen LogP contribution in [-0.4, -0.2) is 5.38 Å². The minimum absolute atomic E-state index is 0.180. The van der Waals surface area contributed by atoms with E-state index in [9.17, 15) is 4.39 Å². The van der Waals surface area contributed by atoms with Gasteiger partial charge in [0.25, 0.3) is 0 Å². The van der Waals surface area contributed by atoms with Crippen LogP contribution < -0.4 is 0 Å². The number of hydrogen-bond acceptors (Lipinski definition) is 0. The lowest BCUT2D eigenvalue weighted by atomic mass is 10.1. The van der Waals surface area contributed by atoms with E-state index in [-0.39, 0.29) is 11.2 Å². The van der Waals surface area contributed by atoms with E-state index in [1.807, 2.05) is 12.1 Å². The monoisotopic (exact) mass is 170 g/mol. The van der Waals surface area contributed by atoms with Gasteiger partial charge in [-0.2, -0.15) is 0 Å². The van der Waals surface area contributed by atoms with E-state index >= 15 is 0 Å². The highest BCUT2D eigenvalue weighted by Crippen LogP contribution is 2.44. The molecule has 1 fully saturated rings. The summed E-state index contributed by atoms with van der Waals surface area (Å²) >= 11 is 5.83. The van der Waals surface area contributed by atoms with Gasteiger partial charge in [-0.05, 0) is 24.1 Å². The molecule has 1 aliphatic rings. The van der Waals surface area contributed by atoms with E-state index in [4.69, 9.17) is 11.6 Å². The molecule has 0 amide bonds. The van der Waals surface area contributed by atoms with Crippen molar-refractivity contribution in [3.05, 3.63) is 35.6 Å². The van der Waals surface area contributed by atoms with Crippen LogP contribution in [0.3, 0.4) is 0 Å². The van der Waals surface area contributed by atoms with Crippen molar-refractivity contribution in [2.24, 2.45) is 0 Å². The molecule has 0 aromatic heterocycles. The van der Waals surface area contributed by atoms with E-state index in [0.29, 0.717) is 5.92 Å². The van der Waals surface area contributed by atoms with Gasteiger partial charge in [0, 0.05) is 11.3 Å². The van der Waals surface area contributed by atoms with E-state index in [1.165, 1.54) is 12.1 Å². The van der Waals surface area contributed by atoms with Crippen molar-refractivity contribution in [2.45, 2.75) is 17.7 Å². The molecule has 0 saturated heterocycles. The molecule has 0 bridgehead atoms. The zero-order valence-electron chi connectivity index (χ0n) is 5.93. The van der Waals surface area contributed by atoms with Crippen LogP contribution in [0.5, 0.6) is 0 Å². The third kappa shape index (κ3) is 1.38. The topological polar surface area (TPSA) is 0 Å². The average Bonchev–Trinajstić information content (AvgIpc) is 2.69. The van der Waals surface area contributed by atoms with Crippen molar-refractivity contribution in [3.8, 4) is 0 Å². The van der Waals surface area contributed by atoms with Crippen molar-refractivity contribution in [1.29, 1.82) is 0 Å². The Hall–Kier alpha value is -0.560. The van der Waals surface area contributed by atoms with E-state index in [2.05, 4.69) is 0 Å². The molecule has 11 heavy (non-hydrogen) atoms. The van der Waals surface area contributed by atoms with Crippen LogP contribution in [-0.2, 0) is 0 Å².